The summed E-state index contributed by atoms with van der Waals surface area (Å²) in [6.07, 6.45) is 4.16. The lowest BCUT2D eigenvalue weighted by molar-refractivity contribution is -0.110. The standard InChI is InChI=1S/C24H25FN4O3/c1-13-19(12-16-15-11-14(25)3-4-17(15)27-21(16)30)26-18-5-8-29(22(31)20(13)18)23-24(32-23)6-9-28(2)10-7-24/h3-4,11-12,23,26H,5-10H2,1-2H3,(H,27,30)/b16-12-. The molecule has 1 aromatic heterocycles. The van der Waals surface area contributed by atoms with Crippen LogP contribution >= 0.6 is 0 Å². The van der Waals surface area contributed by atoms with Crippen LogP contribution in [0.3, 0.4) is 0 Å². The van der Waals surface area contributed by atoms with Crippen molar-refractivity contribution in [1.82, 2.24) is 14.8 Å². The lowest BCUT2D eigenvalue weighted by atomic mass is 9.94. The number of rotatable bonds is 2. The Morgan fingerprint density at radius 3 is 2.78 bits per heavy atom. The van der Waals surface area contributed by atoms with Crippen LogP contribution in [0.25, 0.3) is 11.6 Å². The fourth-order valence-electron chi connectivity index (χ4n) is 5.35. The molecule has 1 unspecified atom stereocenters. The number of fused-ring (bicyclic) bond motifs is 2. The first-order chi connectivity index (χ1) is 15.4. The molecule has 2 N–H and O–H groups in total. The average Bonchev–Trinajstić information content (AvgIpc) is 3.23. The molecular formula is C24H25FN4O3. The smallest absolute Gasteiger partial charge is 0.258 e. The highest BCUT2D eigenvalue weighted by atomic mass is 19.1. The molecule has 4 aliphatic heterocycles. The van der Waals surface area contributed by atoms with Gasteiger partial charge in [0.05, 0.1) is 11.1 Å². The fraction of sp³-hybridized carbons (Fsp3) is 0.417. The first-order valence-corrected chi connectivity index (χ1v) is 11.1. The number of hydrogen-bond donors (Lipinski definition) is 2. The van der Waals surface area contributed by atoms with Gasteiger partial charge in [-0.25, -0.2) is 4.39 Å². The van der Waals surface area contributed by atoms with Crippen molar-refractivity contribution in [3.05, 3.63) is 52.1 Å². The Bertz CT molecular complexity index is 1190. The molecule has 1 atom stereocenters. The number of carbonyl (C=O) groups is 2. The quantitative estimate of drug-likeness (QED) is 0.560. The Hall–Kier alpha value is -2.97. The first-order valence-electron chi connectivity index (χ1n) is 11.1. The number of amides is 2. The van der Waals surface area contributed by atoms with Gasteiger partial charge in [-0.2, -0.15) is 0 Å². The van der Waals surface area contributed by atoms with E-state index in [1.54, 1.807) is 12.1 Å². The minimum Gasteiger partial charge on any atom is -0.358 e. The van der Waals surface area contributed by atoms with Crippen molar-refractivity contribution in [2.45, 2.75) is 38.0 Å². The van der Waals surface area contributed by atoms with Gasteiger partial charge < -0.3 is 24.8 Å². The molecule has 8 heteroatoms. The summed E-state index contributed by atoms with van der Waals surface area (Å²) in [5.41, 5.74) is 4.38. The van der Waals surface area contributed by atoms with E-state index in [1.807, 2.05) is 11.8 Å². The first kappa shape index (κ1) is 19.7. The van der Waals surface area contributed by atoms with Crippen LogP contribution in [0.4, 0.5) is 10.1 Å². The molecule has 1 aromatic carbocycles. The number of carbonyl (C=O) groups excluding carboxylic acids is 2. The van der Waals surface area contributed by atoms with Gasteiger partial charge in [0.1, 0.15) is 11.4 Å². The number of anilines is 1. The molecule has 0 bridgehead atoms. The second-order valence-electron chi connectivity index (χ2n) is 9.31. The van der Waals surface area contributed by atoms with Crippen molar-refractivity contribution in [2.75, 3.05) is 32.0 Å². The van der Waals surface area contributed by atoms with Crippen molar-refractivity contribution in [2.24, 2.45) is 0 Å². The van der Waals surface area contributed by atoms with Gasteiger partial charge in [-0.3, -0.25) is 9.59 Å². The highest BCUT2D eigenvalue weighted by Gasteiger charge is 2.61. The number of ether oxygens (including phenoxy) is 1. The van der Waals surface area contributed by atoms with Gasteiger partial charge in [-0.1, -0.05) is 0 Å². The van der Waals surface area contributed by atoms with Gasteiger partial charge in [0.2, 0.25) is 0 Å². The topological polar surface area (TPSA) is 81.0 Å². The number of nitrogens with zero attached hydrogens (tertiary/aromatic N) is 2. The van der Waals surface area contributed by atoms with E-state index in [0.717, 1.165) is 37.2 Å². The largest absolute Gasteiger partial charge is 0.358 e. The highest BCUT2D eigenvalue weighted by Crippen LogP contribution is 2.48. The zero-order valence-corrected chi connectivity index (χ0v) is 18.1. The zero-order valence-electron chi connectivity index (χ0n) is 18.1. The van der Waals surface area contributed by atoms with Gasteiger partial charge >= 0.3 is 0 Å². The number of aromatic nitrogens is 1. The van der Waals surface area contributed by atoms with E-state index in [0.29, 0.717) is 41.0 Å². The zero-order chi connectivity index (χ0) is 22.2. The van der Waals surface area contributed by atoms with Gasteiger partial charge in [0.25, 0.3) is 11.8 Å². The number of piperidine rings is 1. The highest BCUT2D eigenvalue weighted by molar-refractivity contribution is 6.34. The number of halogens is 1. The van der Waals surface area contributed by atoms with Crippen LogP contribution < -0.4 is 5.32 Å². The Labute approximate surface area is 185 Å². The van der Waals surface area contributed by atoms with Crippen LogP contribution in [0, 0.1) is 12.7 Å². The summed E-state index contributed by atoms with van der Waals surface area (Å²) in [6.45, 7) is 4.46. The summed E-state index contributed by atoms with van der Waals surface area (Å²) in [5, 5.41) is 2.77. The molecule has 2 amide bonds. The van der Waals surface area contributed by atoms with Gasteiger partial charge in [0, 0.05) is 48.7 Å². The molecule has 7 nitrogen and oxygen atoms in total. The molecule has 4 aliphatic rings. The maximum absolute atomic E-state index is 13.8. The van der Waals surface area contributed by atoms with Crippen molar-refractivity contribution in [1.29, 1.82) is 0 Å². The Balaban J connectivity index is 1.30. The van der Waals surface area contributed by atoms with Crippen molar-refractivity contribution >= 4 is 29.2 Å². The van der Waals surface area contributed by atoms with E-state index in [9.17, 15) is 14.0 Å². The monoisotopic (exact) mass is 436 g/mol. The molecule has 32 heavy (non-hydrogen) atoms. The summed E-state index contributed by atoms with van der Waals surface area (Å²) in [6, 6.07) is 4.24. The predicted molar refractivity (Wildman–Crippen MR) is 118 cm³/mol. The third kappa shape index (κ3) is 2.86. The summed E-state index contributed by atoms with van der Waals surface area (Å²) in [7, 11) is 2.11. The maximum atomic E-state index is 13.8. The fourth-order valence-corrected chi connectivity index (χ4v) is 5.35. The normalized spacial score (nSPS) is 25.3. The third-order valence-electron chi connectivity index (χ3n) is 7.35. The van der Waals surface area contributed by atoms with Gasteiger partial charge in [-0.15, -0.1) is 0 Å². The van der Waals surface area contributed by atoms with Crippen LogP contribution in [-0.4, -0.2) is 65.1 Å². The number of aromatic amines is 1. The van der Waals surface area contributed by atoms with E-state index in [4.69, 9.17) is 4.74 Å². The maximum Gasteiger partial charge on any atom is 0.258 e. The van der Waals surface area contributed by atoms with E-state index >= 15 is 0 Å². The number of nitrogens with one attached hydrogen (secondary N) is 2. The molecule has 5 heterocycles. The average molecular weight is 436 g/mol. The molecule has 2 saturated heterocycles. The molecule has 1 spiro atoms. The number of benzene rings is 1. The molecular weight excluding hydrogens is 411 g/mol. The summed E-state index contributed by atoms with van der Waals surface area (Å²) in [5.74, 6) is -0.694. The Morgan fingerprint density at radius 1 is 1.22 bits per heavy atom. The predicted octanol–water partition coefficient (Wildman–Crippen LogP) is 2.77. The van der Waals surface area contributed by atoms with Gasteiger partial charge in [-0.05, 0) is 56.7 Å². The van der Waals surface area contributed by atoms with Crippen LogP contribution in [0.15, 0.2) is 18.2 Å². The Kier molecular flexibility index (Phi) is 4.16. The van der Waals surface area contributed by atoms with Crippen LogP contribution in [0.5, 0.6) is 0 Å². The summed E-state index contributed by atoms with van der Waals surface area (Å²) in [4.78, 5) is 33.4. The molecule has 0 aliphatic carbocycles. The van der Waals surface area contributed by atoms with E-state index in [2.05, 4.69) is 22.2 Å². The lowest BCUT2D eigenvalue weighted by Crippen LogP contribution is -2.45. The third-order valence-corrected chi connectivity index (χ3v) is 7.35. The summed E-state index contributed by atoms with van der Waals surface area (Å²) >= 11 is 0. The number of epoxide rings is 1. The molecule has 0 saturated carbocycles. The minimum atomic E-state index is -0.397. The molecule has 2 fully saturated rings. The van der Waals surface area contributed by atoms with Gasteiger partial charge in [0.15, 0.2) is 6.23 Å². The van der Waals surface area contributed by atoms with Crippen LogP contribution in [-0.2, 0) is 16.0 Å². The van der Waals surface area contributed by atoms with E-state index in [-0.39, 0.29) is 23.6 Å². The molecule has 166 valence electrons. The van der Waals surface area contributed by atoms with Crippen LogP contribution in [0.1, 0.15) is 45.7 Å². The lowest BCUT2D eigenvalue weighted by Gasteiger charge is -2.31. The minimum absolute atomic E-state index is 0.0206. The molecule has 2 aromatic rings. The number of H-pyrrole nitrogens is 1. The number of likely N-dealkylation sites (tertiary alicyclic amines) is 1. The van der Waals surface area contributed by atoms with E-state index in [1.165, 1.54) is 12.1 Å². The second-order valence-corrected chi connectivity index (χ2v) is 9.31. The SMILES string of the molecule is Cc1c(/C=C2\C(=O)Nc3ccc(F)cc32)[nH]c2c1C(=O)N(C1OC13CCN(C)CC3)CC2. The molecule has 0 radical (unpaired) electrons. The van der Waals surface area contributed by atoms with Crippen molar-refractivity contribution < 1.29 is 18.7 Å². The van der Waals surface area contributed by atoms with E-state index < -0.39 is 5.82 Å². The van der Waals surface area contributed by atoms with Crippen molar-refractivity contribution in [3.63, 3.8) is 0 Å². The molecule has 6 rings (SSSR count). The summed E-state index contributed by atoms with van der Waals surface area (Å²) < 4.78 is 19.9. The Morgan fingerprint density at radius 2 is 2.00 bits per heavy atom. The van der Waals surface area contributed by atoms with Crippen molar-refractivity contribution in [3.8, 4) is 0 Å². The number of hydrogen-bond acceptors (Lipinski definition) is 4. The van der Waals surface area contributed by atoms with Crippen LogP contribution in [0.2, 0.25) is 0 Å². The second kappa shape index (κ2) is 6.76.